The van der Waals surface area contributed by atoms with Crippen molar-refractivity contribution in [3.05, 3.63) is 0 Å². The van der Waals surface area contributed by atoms with E-state index >= 15 is 0 Å². The number of rotatable bonds is 2. The van der Waals surface area contributed by atoms with Gasteiger partial charge in [-0.3, -0.25) is 9.59 Å². The van der Waals surface area contributed by atoms with E-state index in [4.69, 9.17) is 0 Å². The van der Waals surface area contributed by atoms with Gasteiger partial charge in [-0.1, -0.05) is 0 Å². The summed E-state index contributed by atoms with van der Waals surface area (Å²) in [6.45, 7) is 12.3. The van der Waals surface area contributed by atoms with Crippen LogP contribution in [0.15, 0.2) is 0 Å². The number of hydrogen-bond donors (Lipinski definition) is 1. The van der Waals surface area contributed by atoms with Crippen LogP contribution >= 0.6 is 0 Å². The van der Waals surface area contributed by atoms with Gasteiger partial charge in [-0.15, -0.1) is 0 Å². The second kappa shape index (κ2) is 5.49. The van der Waals surface area contributed by atoms with Gasteiger partial charge < -0.3 is 15.1 Å². The molecule has 1 aliphatic rings. The van der Waals surface area contributed by atoms with Crippen LogP contribution in [0.4, 0.5) is 0 Å². The van der Waals surface area contributed by atoms with Crippen LogP contribution in [0.1, 0.15) is 34.6 Å². The van der Waals surface area contributed by atoms with Crippen molar-refractivity contribution >= 4 is 11.8 Å². The average Bonchev–Trinajstić information content (AvgIpc) is 2.26. The summed E-state index contributed by atoms with van der Waals surface area (Å²) < 4.78 is 0. The van der Waals surface area contributed by atoms with Gasteiger partial charge in [-0.05, 0) is 41.7 Å². The minimum Gasteiger partial charge on any atom is -0.351 e. The highest BCUT2D eigenvalue weighted by Crippen LogP contribution is 2.21. The quantitative estimate of drug-likeness (QED) is 0.751. The van der Waals surface area contributed by atoms with Crippen molar-refractivity contribution in [1.29, 1.82) is 0 Å². The molecule has 0 atom stereocenters. The number of carbonyl (C=O) groups excluding carboxylic acids is 2. The summed E-state index contributed by atoms with van der Waals surface area (Å²) in [7, 11) is 2.04. The standard InChI is InChI=1S/C14H27N3O2/c1-13(2,3)15-11(18)14(4,5)12(19)17-9-7-16(6)8-10-17/h7-10H2,1-6H3,(H,15,18). The van der Waals surface area contributed by atoms with Gasteiger partial charge in [0.25, 0.3) is 0 Å². The molecule has 5 nitrogen and oxygen atoms in total. The van der Waals surface area contributed by atoms with Crippen molar-refractivity contribution in [1.82, 2.24) is 15.1 Å². The van der Waals surface area contributed by atoms with Crippen molar-refractivity contribution in [2.45, 2.75) is 40.2 Å². The summed E-state index contributed by atoms with van der Waals surface area (Å²) in [6, 6.07) is 0. The van der Waals surface area contributed by atoms with Crippen molar-refractivity contribution in [2.75, 3.05) is 33.2 Å². The zero-order chi connectivity index (χ0) is 14.8. The highest BCUT2D eigenvalue weighted by molar-refractivity contribution is 6.04. The summed E-state index contributed by atoms with van der Waals surface area (Å²) in [5, 5.41) is 2.89. The van der Waals surface area contributed by atoms with Gasteiger partial charge in [0.2, 0.25) is 11.8 Å². The SMILES string of the molecule is CN1CCN(C(=O)C(C)(C)C(=O)NC(C)(C)C)CC1. The highest BCUT2D eigenvalue weighted by Gasteiger charge is 2.40. The fourth-order valence-electron chi connectivity index (χ4n) is 2.00. The van der Waals surface area contributed by atoms with E-state index in [0.29, 0.717) is 13.1 Å². The monoisotopic (exact) mass is 269 g/mol. The van der Waals surface area contributed by atoms with E-state index in [0.717, 1.165) is 13.1 Å². The Labute approximate surface area is 116 Å². The average molecular weight is 269 g/mol. The molecule has 0 aromatic carbocycles. The predicted molar refractivity (Wildman–Crippen MR) is 75.8 cm³/mol. The molecule has 0 aliphatic carbocycles. The first-order valence-corrected chi connectivity index (χ1v) is 6.84. The highest BCUT2D eigenvalue weighted by atomic mass is 16.2. The Morgan fingerprint density at radius 1 is 0.947 bits per heavy atom. The van der Waals surface area contributed by atoms with E-state index in [-0.39, 0.29) is 17.4 Å². The second-order valence-corrected chi connectivity index (χ2v) is 6.92. The summed E-state index contributed by atoms with van der Waals surface area (Å²) in [5.41, 5.74) is -1.33. The molecule has 0 aromatic rings. The van der Waals surface area contributed by atoms with Crippen LogP contribution in [0.25, 0.3) is 0 Å². The first kappa shape index (κ1) is 16.0. The molecule has 0 aromatic heterocycles. The number of hydrogen-bond acceptors (Lipinski definition) is 3. The normalized spacial score (nSPS) is 18.3. The van der Waals surface area contributed by atoms with Crippen LogP contribution < -0.4 is 5.32 Å². The van der Waals surface area contributed by atoms with Crippen molar-refractivity contribution in [3.63, 3.8) is 0 Å². The number of likely N-dealkylation sites (N-methyl/N-ethyl adjacent to an activating group) is 1. The van der Waals surface area contributed by atoms with Crippen LogP contribution in [0.3, 0.4) is 0 Å². The minimum absolute atomic E-state index is 0.0812. The van der Waals surface area contributed by atoms with E-state index in [2.05, 4.69) is 10.2 Å². The van der Waals surface area contributed by atoms with Crippen LogP contribution in [-0.4, -0.2) is 60.4 Å². The third-order valence-corrected chi connectivity index (χ3v) is 3.38. The van der Waals surface area contributed by atoms with Gasteiger partial charge in [0.1, 0.15) is 5.41 Å². The summed E-state index contributed by atoms with van der Waals surface area (Å²) in [6.07, 6.45) is 0. The Morgan fingerprint density at radius 2 is 1.42 bits per heavy atom. The Kier molecular flexibility index (Phi) is 4.61. The van der Waals surface area contributed by atoms with Crippen molar-refractivity contribution in [2.24, 2.45) is 5.41 Å². The molecule has 1 saturated heterocycles. The summed E-state index contributed by atoms with van der Waals surface area (Å²) in [5.74, 6) is -0.286. The fraction of sp³-hybridized carbons (Fsp3) is 0.857. The van der Waals surface area contributed by atoms with Gasteiger partial charge >= 0.3 is 0 Å². The Balaban J connectivity index is 2.70. The van der Waals surface area contributed by atoms with E-state index in [9.17, 15) is 9.59 Å². The Morgan fingerprint density at radius 3 is 1.84 bits per heavy atom. The molecule has 110 valence electrons. The second-order valence-electron chi connectivity index (χ2n) is 6.92. The zero-order valence-corrected chi connectivity index (χ0v) is 13.0. The lowest BCUT2D eigenvalue weighted by molar-refractivity contribution is -0.150. The van der Waals surface area contributed by atoms with Crippen LogP contribution in [0, 0.1) is 5.41 Å². The Bertz CT molecular complexity index is 350. The Hall–Kier alpha value is -1.10. The molecule has 5 heteroatoms. The molecule has 0 saturated carbocycles. The number of carbonyl (C=O) groups is 2. The topological polar surface area (TPSA) is 52.7 Å². The number of piperazine rings is 1. The molecule has 0 radical (unpaired) electrons. The molecule has 0 spiro atoms. The number of amides is 2. The van der Waals surface area contributed by atoms with Gasteiger partial charge in [0.05, 0.1) is 0 Å². The lowest BCUT2D eigenvalue weighted by atomic mass is 9.88. The van der Waals surface area contributed by atoms with E-state index in [1.807, 2.05) is 27.8 Å². The minimum atomic E-state index is -1.01. The molecule has 2 amide bonds. The zero-order valence-electron chi connectivity index (χ0n) is 13.0. The van der Waals surface area contributed by atoms with Gasteiger partial charge in [0, 0.05) is 31.7 Å². The fourth-order valence-corrected chi connectivity index (χ4v) is 2.00. The number of nitrogens with one attached hydrogen (secondary N) is 1. The molecule has 1 heterocycles. The molecular weight excluding hydrogens is 242 g/mol. The maximum Gasteiger partial charge on any atom is 0.237 e. The largest absolute Gasteiger partial charge is 0.351 e. The van der Waals surface area contributed by atoms with Gasteiger partial charge in [-0.2, -0.15) is 0 Å². The predicted octanol–water partition coefficient (Wildman–Crippen LogP) is 0.701. The van der Waals surface area contributed by atoms with E-state index in [1.54, 1.807) is 18.7 Å². The van der Waals surface area contributed by atoms with Crippen LogP contribution in [0.2, 0.25) is 0 Å². The first-order chi connectivity index (χ1) is 8.54. The first-order valence-electron chi connectivity index (χ1n) is 6.84. The third-order valence-electron chi connectivity index (χ3n) is 3.38. The molecule has 1 N–H and O–H groups in total. The molecule has 19 heavy (non-hydrogen) atoms. The van der Waals surface area contributed by atoms with Crippen LogP contribution in [-0.2, 0) is 9.59 Å². The maximum atomic E-state index is 12.5. The summed E-state index contributed by atoms with van der Waals surface area (Å²) in [4.78, 5) is 28.7. The lowest BCUT2D eigenvalue weighted by Gasteiger charge is -2.37. The molecular formula is C14H27N3O2. The maximum absolute atomic E-state index is 12.5. The van der Waals surface area contributed by atoms with Crippen molar-refractivity contribution in [3.8, 4) is 0 Å². The van der Waals surface area contributed by atoms with E-state index in [1.165, 1.54) is 0 Å². The molecule has 1 aliphatic heterocycles. The summed E-state index contributed by atoms with van der Waals surface area (Å²) >= 11 is 0. The van der Waals surface area contributed by atoms with Gasteiger partial charge in [-0.25, -0.2) is 0 Å². The van der Waals surface area contributed by atoms with Crippen LogP contribution in [0.5, 0.6) is 0 Å². The molecule has 0 bridgehead atoms. The van der Waals surface area contributed by atoms with E-state index < -0.39 is 5.41 Å². The molecule has 0 unspecified atom stereocenters. The van der Waals surface area contributed by atoms with Crippen molar-refractivity contribution < 1.29 is 9.59 Å². The smallest absolute Gasteiger partial charge is 0.237 e. The lowest BCUT2D eigenvalue weighted by Crippen LogP contribution is -2.56. The number of nitrogens with zero attached hydrogens (tertiary/aromatic N) is 2. The molecule has 1 rings (SSSR count). The molecule has 1 fully saturated rings. The van der Waals surface area contributed by atoms with Gasteiger partial charge in [0.15, 0.2) is 0 Å². The third kappa shape index (κ3) is 4.20.